The highest BCUT2D eigenvalue weighted by Crippen LogP contribution is 2.33. The van der Waals surface area contributed by atoms with Crippen molar-refractivity contribution < 1.29 is 9.59 Å². The van der Waals surface area contributed by atoms with E-state index in [4.69, 9.17) is 0 Å². The van der Waals surface area contributed by atoms with Crippen molar-refractivity contribution in [3.63, 3.8) is 0 Å². The molecule has 1 unspecified atom stereocenters. The van der Waals surface area contributed by atoms with Gasteiger partial charge >= 0.3 is 0 Å². The highest BCUT2D eigenvalue weighted by atomic mass is 79.9. The van der Waals surface area contributed by atoms with Gasteiger partial charge in [0.25, 0.3) is 0 Å². The first-order valence-corrected chi connectivity index (χ1v) is 7.89. The number of carbonyl (C=O) groups excluding carboxylic acids is 2. The fraction of sp³-hybridized carbons (Fsp3) is 0.385. The standard InChI is InChI=1S/C13H15BrN2O2S/c1-7(2)12(14)13(18)15-8-3-4-10-9(5-8)16-11(17)6-19-10/h3-5,7,12H,6H2,1-2H3,(H,15,18)(H,16,17). The van der Waals surface area contributed by atoms with Gasteiger partial charge in [0.15, 0.2) is 0 Å². The maximum absolute atomic E-state index is 11.9. The summed E-state index contributed by atoms with van der Waals surface area (Å²) in [5.74, 6) is 0.564. The predicted octanol–water partition coefficient (Wildman–Crippen LogP) is 3.09. The van der Waals surface area contributed by atoms with Crippen LogP contribution in [0.1, 0.15) is 13.8 Å². The lowest BCUT2D eigenvalue weighted by Gasteiger charge is -2.18. The van der Waals surface area contributed by atoms with Gasteiger partial charge in [0.1, 0.15) is 0 Å². The summed E-state index contributed by atoms with van der Waals surface area (Å²) in [7, 11) is 0. The third kappa shape index (κ3) is 3.51. The van der Waals surface area contributed by atoms with Gasteiger partial charge in [-0.25, -0.2) is 0 Å². The molecular weight excluding hydrogens is 328 g/mol. The van der Waals surface area contributed by atoms with E-state index in [2.05, 4.69) is 26.6 Å². The van der Waals surface area contributed by atoms with Gasteiger partial charge in [-0.3, -0.25) is 9.59 Å². The van der Waals surface area contributed by atoms with Gasteiger partial charge in [-0.05, 0) is 24.1 Å². The molecule has 102 valence electrons. The lowest BCUT2D eigenvalue weighted by molar-refractivity contribution is -0.116. The molecule has 1 aliphatic heterocycles. The van der Waals surface area contributed by atoms with E-state index in [9.17, 15) is 9.59 Å². The van der Waals surface area contributed by atoms with E-state index < -0.39 is 0 Å². The molecule has 1 atom stereocenters. The van der Waals surface area contributed by atoms with Crippen molar-refractivity contribution in [1.82, 2.24) is 0 Å². The first-order valence-electron chi connectivity index (χ1n) is 5.99. The smallest absolute Gasteiger partial charge is 0.238 e. The fourth-order valence-corrected chi connectivity index (χ4v) is 2.58. The van der Waals surface area contributed by atoms with Crippen LogP contribution in [0.25, 0.3) is 0 Å². The van der Waals surface area contributed by atoms with Crippen molar-refractivity contribution >= 4 is 50.9 Å². The summed E-state index contributed by atoms with van der Waals surface area (Å²) in [6, 6.07) is 5.55. The number of thioether (sulfide) groups is 1. The number of amides is 2. The van der Waals surface area contributed by atoms with E-state index in [1.165, 1.54) is 11.8 Å². The monoisotopic (exact) mass is 342 g/mol. The molecule has 0 radical (unpaired) electrons. The molecule has 0 spiro atoms. The Hall–Kier alpha value is -1.01. The molecule has 1 aromatic rings. The van der Waals surface area contributed by atoms with Crippen LogP contribution in [-0.4, -0.2) is 22.4 Å². The minimum Gasteiger partial charge on any atom is -0.325 e. The lowest BCUT2D eigenvalue weighted by atomic mass is 10.1. The average Bonchev–Trinajstić information content (AvgIpc) is 2.37. The van der Waals surface area contributed by atoms with Crippen LogP contribution in [0, 0.1) is 5.92 Å². The van der Waals surface area contributed by atoms with Crippen LogP contribution < -0.4 is 10.6 Å². The number of carbonyl (C=O) groups is 2. The molecule has 19 heavy (non-hydrogen) atoms. The molecule has 0 saturated carbocycles. The highest BCUT2D eigenvalue weighted by Gasteiger charge is 2.20. The van der Waals surface area contributed by atoms with Crippen LogP contribution >= 0.6 is 27.7 Å². The minimum atomic E-state index is -0.229. The van der Waals surface area contributed by atoms with Crippen molar-refractivity contribution in [2.45, 2.75) is 23.6 Å². The molecule has 0 aliphatic carbocycles. The Morgan fingerprint density at radius 2 is 2.21 bits per heavy atom. The van der Waals surface area contributed by atoms with E-state index in [-0.39, 0.29) is 22.6 Å². The van der Waals surface area contributed by atoms with Crippen LogP contribution in [0.4, 0.5) is 11.4 Å². The molecule has 2 amide bonds. The van der Waals surface area contributed by atoms with E-state index >= 15 is 0 Å². The molecule has 0 saturated heterocycles. The summed E-state index contributed by atoms with van der Waals surface area (Å²) in [5, 5.41) is 5.64. The van der Waals surface area contributed by atoms with Crippen LogP contribution in [-0.2, 0) is 9.59 Å². The van der Waals surface area contributed by atoms with Crippen molar-refractivity contribution in [1.29, 1.82) is 0 Å². The zero-order chi connectivity index (χ0) is 14.0. The minimum absolute atomic E-state index is 0.0125. The van der Waals surface area contributed by atoms with Gasteiger partial charge in [-0.15, -0.1) is 11.8 Å². The molecule has 1 heterocycles. The number of fused-ring (bicyclic) bond motifs is 1. The molecule has 4 nitrogen and oxygen atoms in total. The summed E-state index contributed by atoms with van der Waals surface area (Å²) in [6.07, 6.45) is 0. The molecule has 1 aromatic carbocycles. The lowest BCUT2D eigenvalue weighted by Crippen LogP contribution is -2.27. The Labute approximate surface area is 124 Å². The van der Waals surface area contributed by atoms with Crippen molar-refractivity contribution in [2.24, 2.45) is 5.92 Å². The van der Waals surface area contributed by atoms with Crippen LogP contribution in [0.5, 0.6) is 0 Å². The molecule has 1 aliphatic rings. The SMILES string of the molecule is CC(C)C(Br)C(=O)Nc1ccc2c(c1)NC(=O)CS2. The molecule has 2 rings (SSSR count). The number of hydrogen-bond donors (Lipinski definition) is 2. The summed E-state index contributed by atoms with van der Waals surface area (Å²) in [6.45, 7) is 3.95. The van der Waals surface area contributed by atoms with Crippen LogP contribution in [0.3, 0.4) is 0 Å². The molecule has 0 fully saturated rings. The highest BCUT2D eigenvalue weighted by molar-refractivity contribution is 9.10. The van der Waals surface area contributed by atoms with E-state index in [0.29, 0.717) is 11.4 Å². The third-order valence-corrected chi connectivity index (χ3v) is 5.26. The van der Waals surface area contributed by atoms with Crippen molar-refractivity contribution in [2.75, 3.05) is 16.4 Å². The zero-order valence-corrected chi connectivity index (χ0v) is 13.1. The van der Waals surface area contributed by atoms with Gasteiger partial charge in [-0.2, -0.15) is 0 Å². The number of halogens is 1. The van der Waals surface area contributed by atoms with Crippen LogP contribution in [0.2, 0.25) is 0 Å². The van der Waals surface area contributed by atoms with E-state index in [1.807, 2.05) is 26.0 Å². The number of anilines is 2. The van der Waals surface area contributed by atoms with Gasteiger partial charge in [-0.1, -0.05) is 29.8 Å². The predicted molar refractivity (Wildman–Crippen MR) is 82.0 cm³/mol. The van der Waals surface area contributed by atoms with E-state index in [0.717, 1.165) is 10.6 Å². The van der Waals surface area contributed by atoms with Crippen LogP contribution in [0.15, 0.2) is 23.1 Å². The fourth-order valence-electron chi connectivity index (χ4n) is 1.67. The Balaban J connectivity index is 2.12. The maximum atomic E-state index is 11.9. The normalized spacial score (nSPS) is 15.7. The topological polar surface area (TPSA) is 58.2 Å². The Bertz CT molecular complexity index is 519. The van der Waals surface area contributed by atoms with E-state index in [1.54, 1.807) is 6.07 Å². The van der Waals surface area contributed by atoms with Gasteiger partial charge < -0.3 is 10.6 Å². The largest absolute Gasteiger partial charge is 0.325 e. The second-order valence-corrected chi connectivity index (χ2v) is 6.69. The molecule has 2 N–H and O–H groups in total. The molecule has 0 bridgehead atoms. The Kier molecular flexibility index (Phi) is 4.52. The summed E-state index contributed by atoms with van der Waals surface area (Å²) in [5.41, 5.74) is 1.45. The quantitative estimate of drug-likeness (QED) is 0.830. The number of nitrogens with one attached hydrogen (secondary N) is 2. The Morgan fingerprint density at radius 3 is 2.89 bits per heavy atom. The molecular formula is C13H15BrN2O2S. The van der Waals surface area contributed by atoms with Gasteiger partial charge in [0, 0.05) is 10.6 Å². The third-order valence-electron chi connectivity index (χ3n) is 2.72. The maximum Gasteiger partial charge on any atom is 0.238 e. The Morgan fingerprint density at radius 1 is 1.47 bits per heavy atom. The zero-order valence-electron chi connectivity index (χ0n) is 10.7. The summed E-state index contributed by atoms with van der Waals surface area (Å²) in [4.78, 5) is 24.1. The van der Waals surface area contributed by atoms with Gasteiger partial charge in [0.05, 0.1) is 16.3 Å². The second kappa shape index (κ2) is 5.96. The van der Waals surface area contributed by atoms with Gasteiger partial charge in [0.2, 0.25) is 11.8 Å². The summed E-state index contributed by atoms with van der Waals surface area (Å²) >= 11 is 4.87. The van der Waals surface area contributed by atoms with Crippen molar-refractivity contribution in [3.8, 4) is 0 Å². The first-order chi connectivity index (χ1) is 8.97. The number of alkyl halides is 1. The average molecular weight is 343 g/mol. The molecule has 6 heteroatoms. The number of hydrogen-bond acceptors (Lipinski definition) is 3. The first kappa shape index (κ1) is 14.4. The van der Waals surface area contributed by atoms with Crippen molar-refractivity contribution in [3.05, 3.63) is 18.2 Å². The summed E-state index contributed by atoms with van der Waals surface area (Å²) < 4.78 is 0. The molecule has 0 aromatic heterocycles. The number of rotatable bonds is 3. The number of benzene rings is 1. The second-order valence-electron chi connectivity index (χ2n) is 4.68.